The number of carbonyl (C=O) groups excluding carboxylic acids is 1. The van der Waals surface area contributed by atoms with Crippen LogP contribution in [0.3, 0.4) is 0 Å². The van der Waals surface area contributed by atoms with Gasteiger partial charge in [0.05, 0.1) is 5.52 Å². The van der Waals surface area contributed by atoms with Crippen LogP contribution in [0.1, 0.15) is 23.7 Å². The minimum Gasteiger partial charge on any atom is -0.408 e. The molecule has 5 heteroatoms. The monoisotopic (exact) mass is 234 g/mol. The fraction of sp³-hybridized carbons (Fsp3) is 0.333. The molecule has 17 heavy (non-hydrogen) atoms. The summed E-state index contributed by atoms with van der Waals surface area (Å²) in [5.74, 6) is -0.562. The Labute approximate surface area is 98.0 Å². The van der Waals surface area contributed by atoms with Gasteiger partial charge in [0.1, 0.15) is 0 Å². The summed E-state index contributed by atoms with van der Waals surface area (Å²) < 4.78 is 6.37. The van der Waals surface area contributed by atoms with Crippen molar-refractivity contribution in [3.05, 3.63) is 34.3 Å². The molecule has 0 aliphatic carbocycles. The number of nitrogens with zero attached hydrogens (tertiary/aromatic N) is 1. The Bertz CT molecular complexity index is 610. The number of fused-ring (bicyclic) bond motifs is 1. The molecular formula is C12H14N2O3. The second-order valence-electron chi connectivity index (χ2n) is 3.87. The second kappa shape index (κ2) is 4.45. The van der Waals surface area contributed by atoms with Gasteiger partial charge in [-0.2, -0.15) is 0 Å². The number of hydrogen-bond acceptors (Lipinski definition) is 3. The molecule has 0 saturated heterocycles. The maximum absolute atomic E-state index is 11.7. The van der Waals surface area contributed by atoms with E-state index in [1.807, 2.05) is 6.92 Å². The molecule has 0 radical (unpaired) electrons. The smallest absolute Gasteiger partial charge is 0.408 e. The normalized spacial score (nSPS) is 10.7. The van der Waals surface area contributed by atoms with Gasteiger partial charge in [-0.3, -0.25) is 9.36 Å². The van der Waals surface area contributed by atoms with Gasteiger partial charge in [0.2, 0.25) is 0 Å². The Kier molecular flexibility index (Phi) is 2.99. The third-order valence-electron chi connectivity index (χ3n) is 2.59. The van der Waals surface area contributed by atoms with Crippen LogP contribution in [-0.4, -0.2) is 17.0 Å². The molecule has 5 nitrogen and oxygen atoms in total. The molecule has 90 valence electrons. The van der Waals surface area contributed by atoms with Crippen LogP contribution in [0.2, 0.25) is 0 Å². The SMILES string of the molecule is CCCNC(=O)c1ccc2oc(=O)n(C)c2c1. The number of amides is 1. The Morgan fingerprint density at radius 3 is 2.94 bits per heavy atom. The fourth-order valence-corrected chi connectivity index (χ4v) is 1.61. The van der Waals surface area contributed by atoms with Gasteiger partial charge in [-0.25, -0.2) is 4.79 Å². The number of aromatic nitrogens is 1. The van der Waals surface area contributed by atoms with Crippen LogP contribution < -0.4 is 11.1 Å². The van der Waals surface area contributed by atoms with E-state index < -0.39 is 5.76 Å². The minimum atomic E-state index is -0.425. The third-order valence-corrected chi connectivity index (χ3v) is 2.59. The van der Waals surface area contributed by atoms with Crippen molar-refractivity contribution in [3.63, 3.8) is 0 Å². The molecule has 0 spiro atoms. The van der Waals surface area contributed by atoms with E-state index in [4.69, 9.17) is 4.42 Å². The van der Waals surface area contributed by atoms with Crippen LogP contribution in [0.4, 0.5) is 0 Å². The van der Waals surface area contributed by atoms with Crippen molar-refractivity contribution in [2.75, 3.05) is 6.54 Å². The number of nitrogens with one attached hydrogen (secondary N) is 1. The average Bonchev–Trinajstić information content (AvgIpc) is 2.62. The highest BCUT2D eigenvalue weighted by molar-refractivity contribution is 5.97. The molecule has 1 N–H and O–H groups in total. The van der Waals surface area contributed by atoms with Crippen molar-refractivity contribution in [2.45, 2.75) is 13.3 Å². The van der Waals surface area contributed by atoms with Crippen molar-refractivity contribution in [3.8, 4) is 0 Å². The van der Waals surface area contributed by atoms with Crippen molar-refractivity contribution >= 4 is 17.0 Å². The summed E-state index contributed by atoms with van der Waals surface area (Å²) in [5, 5.41) is 2.78. The van der Waals surface area contributed by atoms with Gasteiger partial charge in [-0.15, -0.1) is 0 Å². The van der Waals surface area contributed by atoms with E-state index in [1.54, 1.807) is 25.2 Å². The number of rotatable bonds is 3. The number of oxazole rings is 1. The molecule has 0 unspecified atom stereocenters. The van der Waals surface area contributed by atoms with Crippen LogP contribution in [0.25, 0.3) is 11.1 Å². The minimum absolute atomic E-state index is 0.137. The number of hydrogen-bond donors (Lipinski definition) is 1. The van der Waals surface area contributed by atoms with E-state index >= 15 is 0 Å². The van der Waals surface area contributed by atoms with E-state index in [2.05, 4.69) is 5.32 Å². The average molecular weight is 234 g/mol. The molecule has 0 aliphatic heterocycles. The van der Waals surface area contributed by atoms with Crippen molar-refractivity contribution < 1.29 is 9.21 Å². The van der Waals surface area contributed by atoms with Crippen molar-refractivity contribution in [1.29, 1.82) is 0 Å². The highest BCUT2D eigenvalue weighted by Gasteiger charge is 2.10. The fourth-order valence-electron chi connectivity index (χ4n) is 1.61. The Hall–Kier alpha value is -2.04. The van der Waals surface area contributed by atoms with Gasteiger partial charge in [0.25, 0.3) is 5.91 Å². The maximum Gasteiger partial charge on any atom is 0.419 e. The number of carbonyl (C=O) groups is 1. The van der Waals surface area contributed by atoms with E-state index in [-0.39, 0.29) is 5.91 Å². The summed E-state index contributed by atoms with van der Waals surface area (Å²) in [5.41, 5.74) is 1.64. The van der Waals surface area contributed by atoms with E-state index in [9.17, 15) is 9.59 Å². The molecule has 1 aromatic carbocycles. The molecule has 1 aromatic heterocycles. The largest absolute Gasteiger partial charge is 0.419 e. The first-order valence-electron chi connectivity index (χ1n) is 5.51. The maximum atomic E-state index is 11.7. The molecule has 0 bridgehead atoms. The summed E-state index contributed by atoms with van der Waals surface area (Å²) in [4.78, 5) is 23.0. The lowest BCUT2D eigenvalue weighted by atomic mass is 10.2. The predicted octanol–water partition coefficient (Wildman–Crippen LogP) is 1.27. The van der Waals surface area contributed by atoms with Crippen LogP contribution in [0, 0.1) is 0 Å². The molecule has 0 fully saturated rings. The van der Waals surface area contributed by atoms with Crippen LogP contribution >= 0.6 is 0 Å². The lowest BCUT2D eigenvalue weighted by Crippen LogP contribution is -2.23. The molecule has 2 rings (SSSR count). The first-order chi connectivity index (χ1) is 8.13. The summed E-state index contributed by atoms with van der Waals surface area (Å²) in [6, 6.07) is 4.94. The molecule has 1 amide bonds. The van der Waals surface area contributed by atoms with Crippen molar-refractivity contribution in [1.82, 2.24) is 9.88 Å². The molecular weight excluding hydrogens is 220 g/mol. The first-order valence-corrected chi connectivity index (χ1v) is 5.51. The summed E-state index contributed by atoms with van der Waals surface area (Å²) >= 11 is 0. The summed E-state index contributed by atoms with van der Waals surface area (Å²) in [7, 11) is 1.61. The Balaban J connectivity index is 2.40. The highest BCUT2D eigenvalue weighted by Crippen LogP contribution is 2.14. The number of aryl methyl sites for hydroxylation is 1. The van der Waals surface area contributed by atoms with E-state index in [1.165, 1.54) is 4.57 Å². The lowest BCUT2D eigenvalue weighted by molar-refractivity contribution is 0.0954. The zero-order chi connectivity index (χ0) is 12.4. The molecule has 0 atom stereocenters. The van der Waals surface area contributed by atoms with Gasteiger partial charge >= 0.3 is 5.76 Å². The molecule has 2 aromatic rings. The predicted molar refractivity (Wildman–Crippen MR) is 64.1 cm³/mol. The number of benzene rings is 1. The standard InChI is InChI=1S/C12H14N2O3/c1-3-6-13-11(15)8-4-5-10-9(7-8)14(2)12(16)17-10/h4-5,7H,3,6H2,1-2H3,(H,13,15). The first kappa shape index (κ1) is 11.4. The lowest BCUT2D eigenvalue weighted by Gasteiger charge is -2.03. The highest BCUT2D eigenvalue weighted by atomic mass is 16.4. The third kappa shape index (κ3) is 2.08. The van der Waals surface area contributed by atoms with Crippen LogP contribution in [-0.2, 0) is 7.05 Å². The molecule has 0 saturated carbocycles. The molecule has 1 heterocycles. The van der Waals surface area contributed by atoms with Gasteiger partial charge in [-0.1, -0.05) is 6.92 Å². The van der Waals surface area contributed by atoms with E-state index in [0.717, 1.165) is 6.42 Å². The summed E-state index contributed by atoms with van der Waals surface area (Å²) in [6.45, 7) is 2.63. The zero-order valence-electron chi connectivity index (χ0n) is 9.82. The quantitative estimate of drug-likeness (QED) is 0.869. The van der Waals surface area contributed by atoms with Gasteiger partial charge < -0.3 is 9.73 Å². The zero-order valence-corrected chi connectivity index (χ0v) is 9.82. The summed E-state index contributed by atoms with van der Waals surface area (Å²) in [6.07, 6.45) is 0.887. The van der Waals surface area contributed by atoms with Crippen LogP contribution in [0.15, 0.2) is 27.4 Å². The Morgan fingerprint density at radius 2 is 2.24 bits per heavy atom. The van der Waals surface area contributed by atoms with Gasteiger partial charge in [-0.05, 0) is 24.6 Å². The Morgan fingerprint density at radius 1 is 1.47 bits per heavy atom. The van der Waals surface area contributed by atoms with Crippen LogP contribution in [0.5, 0.6) is 0 Å². The second-order valence-corrected chi connectivity index (χ2v) is 3.87. The van der Waals surface area contributed by atoms with E-state index in [0.29, 0.717) is 23.2 Å². The topological polar surface area (TPSA) is 64.2 Å². The van der Waals surface area contributed by atoms with Gasteiger partial charge in [0, 0.05) is 19.2 Å². The van der Waals surface area contributed by atoms with Crippen molar-refractivity contribution in [2.24, 2.45) is 7.05 Å². The molecule has 0 aliphatic rings. The van der Waals surface area contributed by atoms with Gasteiger partial charge in [0.15, 0.2) is 5.58 Å².